The molecule has 1 unspecified atom stereocenters. The van der Waals surface area contributed by atoms with Crippen LogP contribution in [0, 0.1) is 6.92 Å². The molecule has 5 amide bonds. The van der Waals surface area contributed by atoms with E-state index < -0.39 is 29.7 Å². The average molecular weight is 531 g/mol. The van der Waals surface area contributed by atoms with Crippen LogP contribution in [-0.2, 0) is 21.4 Å². The summed E-state index contributed by atoms with van der Waals surface area (Å²) in [5.41, 5.74) is 2.10. The number of aromatic nitrogens is 1. The van der Waals surface area contributed by atoms with Gasteiger partial charge in [0.2, 0.25) is 17.7 Å². The van der Waals surface area contributed by atoms with Crippen LogP contribution in [0.4, 0.5) is 5.69 Å². The first-order valence-corrected chi connectivity index (χ1v) is 12.5. The topological polar surface area (TPSA) is 144 Å². The summed E-state index contributed by atoms with van der Waals surface area (Å²) in [5, 5.41) is 5.84. The van der Waals surface area contributed by atoms with Crippen LogP contribution in [0.25, 0.3) is 10.9 Å². The highest BCUT2D eigenvalue weighted by Crippen LogP contribution is 2.33. The molecular weight excluding hydrogens is 504 g/mol. The Bertz CT molecular complexity index is 1620. The molecule has 3 aromatic rings. The van der Waals surface area contributed by atoms with Gasteiger partial charge >= 0.3 is 0 Å². The van der Waals surface area contributed by atoms with E-state index in [0.717, 1.165) is 15.8 Å². The molecule has 11 nitrogen and oxygen atoms in total. The molecule has 2 aliphatic heterocycles. The summed E-state index contributed by atoms with van der Waals surface area (Å²) in [5.74, 6) is -2.42. The van der Waals surface area contributed by atoms with E-state index in [1.54, 1.807) is 54.9 Å². The molecule has 2 aromatic carbocycles. The molecule has 200 valence electrons. The second-order valence-corrected chi connectivity index (χ2v) is 9.59. The molecule has 0 saturated carbocycles. The van der Waals surface area contributed by atoms with Gasteiger partial charge in [-0.25, -0.2) is 0 Å². The number of nitrogens with one attached hydrogen (secondary N) is 2. The van der Waals surface area contributed by atoms with Crippen molar-refractivity contribution < 1.29 is 28.7 Å². The summed E-state index contributed by atoms with van der Waals surface area (Å²) in [6, 6.07) is 10.7. The largest absolute Gasteiger partial charge is 0.493 e. The number of hydrogen-bond donors (Lipinski definition) is 2. The van der Waals surface area contributed by atoms with Gasteiger partial charge in [-0.2, -0.15) is 0 Å². The third-order valence-electron chi connectivity index (χ3n) is 6.92. The van der Waals surface area contributed by atoms with Crippen molar-refractivity contribution in [2.75, 3.05) is 11.9 Å². The monoisotopic (exact) mass is 530 g/mol. The van der Waals surface area contributed by atoms with E-state index in [-0.39, 0.29) is 54.2 Å². The summed E-state index contributed by atoms with van der Waals surface area (Å²) in [6.07, 6.45) is 0.592. The molecule has 2 aliphatic rings. The van der Waals surface area contributed by atoms with E-state index in [9.17, 15) is 28.8 Å². The van der Waals surface area contributed by atoms with Crippen molar-refractivity contribution in [3.63, 3.8) is 0 Å². The maximum absolute atomic E-state index is 13.1. The number of rotatable bonds is 7. The van der Waals surface area contributed by atoms with Gasteiger partial charge in [-0.1, -0.05) is 6.07 Å². The number of nitrogens with zero attached hydrogens (tertiary/aromatic N) is 2. The Labute approximate surface area is 222 Å². The lowest BCUT2D eigenvalue weighted by atomic mass is 10.0. The molecule has 3 heterocycles. The number of benzene rings is 2. The van der Waals surface area contributed by atoms with Crippen LogP contribution in [0.2, 0.25) is 0 Å². The standard InChI is InChI=1S/C28H26N4O7/c1-15-13-16-14-17(8-9-19(16)31(2)26(15)36)29-22(33)7-4-12-39-21-6-3-5-18-24(21)28(38)32(27(18)37)20-10-11-23(34)30-25(20)35/h3,5-6,8-9,13-14,20H,4,7,10-12H2,1-2H3,(H,29,33)(H,30,34,35). The second kappa shape index (κ2) is 10.2. The molecule has 1 saturated heterocycles. The number of piperidine rings is 1. The number of hydrogen-bond acceptors (Lipinski definition) is 7. The highest BCUT2D eigenvalue weighted by molar-refractivity contribution is 6.24. The molecule has 39 heavy (non-hydrogen) atoms. The van der Waals surface area contributed by atoms with E-state index >= 15 is 0 Å². The molecule has 0 spiro atoms. The first-order valence-electron chi connectivity index (χ1n) is 12.5. The number of amides is 5. The Kier molecular flexibility index (Phi) is 6.73. The smallest absolute Gasteiger partial charge is 0.266 e. The lowest BCUT2D eigenvalue weighted by Crippen LogP contribution is -2.54. The number of anilines is 1. The third-order valence-corrected chi connectivity index (χ3v) is 6.92. The average Bonchev–Trinajstić information content (AvgIpc) is 3.15. The highest BCUT2D eigenvalue weighted by atomic mass is 16.5. The fourth-order valence-electron chi connectivity index (χ4n) is 4.96. The lowest BCUT2D eigenvalue weighted by Gasteiger charge is -2.27. The first-order chi connectivity index (χ1) is 18.7. The summed E-state index contributed by atoms with van der Waals surface area (Å²) in [4.78, 5) is 75.3. The molecule has 0 bridgehead atoms. The van der Waals surface area contributed by atoms with Gasteiger partial charge in [0.1, 0.15) is 11.8 Å². The quantitative estimate of drug-likeness (QED) is 0.351. The predicted molar refractivity (Wildman–Crippen MR) is 140 cm³/mol. The van der Waals surface area contributed by atoms with Crippen LogP contribution in [0.5, 0.6) is 5.75 Å². The van der Waals surface area contributed by atoms with Crippen molar-refractivity contribution in [3.05, 3.63) is 69.5 Å². The number of carbonyl (C=O) groups excluding carboxylic acids is 5. The number of carbonyl (C=O) groups is 5. The van der Waals surface area contributed by atoms with E-state index in [0.29, 0.717) is 17.7 Å². The zero-order chi connectivity index (χ0) is 27.8. The molecule has 2 N–H and O–H groups in total. The minimum Gasteiger partial charge on any atom is -0.493 e. The Morgan fingerprint density at radius 2 is 1.87 bits per heavy atom. The van der Waals surface area contributed by atoms with Gasteiger partial charge in [0.25, 0.3) is 17.4 Å². The Balaban J connectivity index is 1.20. The minimum atomic E-state index is -1.06. The molecule has 0 radical (unpaired) electrons. The van der Waals surface area contributed by atoms with Crippen molar-refractivity contribution in [2.45, 2.75) is 38.6 Å². The SMILES string of the molecule is Cc1cc2cc(NC(=O)CCCOc3cccc4c3C(=O)N(C3CCC(=O)NC3=O)C4=O)ccc2n(C)c1=O. The van der Waals surface area contributed by atoms with Crippen LogP contribution in [-0.4, -0.2) is 51.7 Å². The van der Waals surface area contributed by atoms with E-state index in [1.807, 2.05) is 0 Å². The Hall–Kier alpha value is -4.80. The van der Waals surface area contributed by atoms with Crippen LogP contribution < -0.4 is 20.9 Å². The third kappa shape index (κ3) is 4.78. The molecular formula is C28H26N4O7. The second-order valence-electron chi connectivity index (χ2n) is 9.59. The van der Waals surface area contributed by atoms with Gasteiger partial charge in [0, 0.05) is 36.5 Å². The number of ether oxygens (including phenoxy) is 1. The number of pyridine rings is 1. The van der Waals surface area contributed by atoms with Crippen LogP contribution >= 0.6 is 0 Å². The van der Waals surface area contributed by atoms with Gasteiger partial charge < -0.3 is 14.6 Å². The molecule has 1 aromatic heterocycles. The summed E-state index contributed by atoms with van der Waals surface area (Å²) >= 11 is 0. The maximum atomic E-state index is 13.1. The van der Waals surface area contributed by atoms with Gasteiger partial charge in [0.05, 0.1) is 23.3 Å². The Morgan fingerprint density at radius 3 is 2.64 bits per heavy atom. The van der Waals surface area contributed by atoms with Crippen molar-refractivity contribution in [1.29, 1.82) is 0 Å². The lowest BCUT2D eigenvalue weighted by molar-refractivity contribution is -0.136. The summed E-state index contributed by atoms with van der Waals surface area (Å²) in [7, 11) is 1.70. The Morgan fingerprint density at radius 1 is 1.08 bits per heavy atom. The fourth-order valence-corrected chi connectivity index (χ4v) is 4.96. The van der Waals surface area contributed by atoms with Crippen LogP contribution in [0.15, 0.2) is 47.3 Å². The molecule has 0 aliphatic carbocycles. The van der Waals surface area contributed by atoms with Gasteiger partial charge in [-0.15, -0.1) is 0 Å². The van der Waals surface area contributed by atoms with E-state index in [4.69, 9.17) is 4.74 Å². The maximum Gasteiger partial charge on any atom is 0.266 e. The van der Waals surface area contributed by atoms with Crippen molar-refractivity contribution in [3.8, 4) is 5.75 Å². The first kappa shape index (κ1) is 25.8. The number of fused-ring (bicyclic) bond motifs is 2. The van der Waals surface area contributed by atoms with E-state index in [1.165, 1.54) is 6.07 Å². The predicted octanol–water partition coefficient (Wildman–Crippen LogP) is 2.05. The summed E-state index contributed by atoms with van der Waals surface area (Å²) < 4.78 is 7.34. The summed E-state index contributed by atoms with van der Waals surface area (Å²) in [6.45, 7) is 1.85. The van der Waals surface area contributed by atoms with Crippen molar-refractivity contribution in [1.82, 2.24) is 14.8 Å². The fraction of sp³-hybridized carbons (Fsp3) is 0.286. The van der Waals surface area contributed by atoms with Crippen molar-refractivity contribution in [2.24, 2.45) is 7.05 Å². The van der Waals surface area contributed by atoms with Crippen LogP contribution in [0.3, 0.4) is 0 Å². The molecule has 1 fully saturated rings. The zero-order valence-corrected chi connectivity index (χ0v) is 21.4. The van der Waals surface area contributed by atoms with Gasteiger partial charge in [-0.3, -0.25) is 39.0 Å². The highest BCUT2D eigenvalue weighted by Gasteiger charge is 2.45. The minimum absolute atomic E-state index is 0.0355. The van der Waals surface area contributed by atoms with Crippen molar-refractivity contribution >= 4 is 46.1 Å². The molecule has 5 rings (SSSR count). The van der Waals surface area contributed by atoms with Crippen LogP contribution in [0.1, 0.15) is 52.0 Å². The van der Waals surface area contributed by atoms with Gasteiger partial charge in [-0.05, 0) is 56.2 Å². The molecule has 11 heteroatoms. The van der Waals surface area contributed by atoms with Gasteiger partial charge in [0.15, 0.2) is 0 Å². The van der Waals surface area contributed by atoms with E-state index in [2.05, 4.69) is 10.6 Å². The number of aryl methyl sites for hydroxylation is 2. The normalized spacial score (nSPS) is 16.9. The number of imide groups is 2. The zero-order valence-electron chi connectivity index (χ0n) is 21.4. The molecule has 1 atom stereocenters.